The van der Waals surface area contributed by atoms with E-state index in [1.807, 2.05) is 57.2 Å². The molecule has 0 aromatic heterocycles. The van der Waals surface area contributed by atoms with Crippen molar-refractivity contribution in [1.29, 1.82) is 0 Å². The Hall–Kier alpha value is -4.28. The molecule has 6 atom stereocenters. The van der Waals surface area contributed by atoms with E-state index in [9.17, 15) is 34.5 Å². The van der Waals surface area contributed by atoms with Crippen molar-refractivity contribution in [2.24, 2.45) is 23.5 Å². The van der Waals surface area contributed by atoms with Gasteiger partial charge < -0.3 is 25.8 Å². The molecule has 0 radical (unpaired) electrons. The maximum absolute atomic E-state index is 14.2. The van der Waals surface area contributed by atoms with E-state index in [4.69, 9.17) is 10.5 Å². The molecule has 2 saturated carbocycles. The molecule has 4 aliphatic carbocycles. The Morgan fingerprint density at radius 3 is 2.48 bits per heavy atom. The highest BCUT2D eigenvalue weighted by Gasteiger charge is 2.67. The van der Waals surface area contributed by atoms with Gasteiger partial charge in [0.15, 0.2) is 23.1 Å². The van der Waals surface area contributed by atoms with Crippen molar-refractivity contribution in [2.45, 2.75) is 56.8 Å². The van der Waals surface area contributed by atoms with Crippen molar-refractivity contribution in [3.05, 3.63) is 76.1 Å². The fraction of sp³-hybridized carbons (Fsp3) is 0.412. The van der Waals surface area contributed by atoms with Crippen LogP contribution in [0.2, 0.25) is 0 Å². The lowest BCUT2D eigenvalue weighted by Crippen LogP contribution is -2.72. The highest BCUT2D eigenvalue weighted by atomic mass is 16.5. The number of phenols is 1. The first kappa shape index (κ1) is 29.8. The van der Waals surface area contributed by atoms with Gasteiger partial charge in [0, 0.05) is 22.6 Å². The lowest BCUT2D eigenvalue weighted by Gasteiger charge is -2.51. The minimum absolute atomic E-state index is 0.0135. The number of fused-ring (bicyclic) bond motifs is 4. The van der Waals surface area contributed by atoms with Crippen LogP contribution in [-0.4, -0.2) is 75.3 Å². The van der Waals surface area contributed by atoms with Gasteiger partial charge in [-0.2, -0.15) is 0 Å². The van der Waals surface area contributed by atoms with E-state index in [1.165, 1.54) is 4.90 Å². The normalized spacial score (nSPS) is 31.1. The molecule has 44 heavy (non-hydrogen) atoms. The molecule has 0 bridgehead atoms. The van der Waals surface area contributed by atoms with Crippen LogP contribution >= 0.6 is 0 Å². The van der Waals surface area contributed by atoms with E-state index in [0.29, 0.717) is 22.3 Å². The Bertz CT molecular complexity index is 1700. The standard InChI is InChI=1S/C34H36N2O8/c1-33(2,3)21-13-18(17-10-15-8-6-7-9-22(15)44-14-17)19-11-16-12-20-26(36(4)5)29(39)25(32(35)42)31(41)34(20,43)30(40)23(16)28(38)24(19)27(21)37/h6-10,13-14,16,20,22,25-26,37-38,43H,11-12H2,1-5H3,(H2,35,42)/t16-,20-,22?,25?,26-,34-/m0/s1. The highest BCUT2D eigenvalue weighted by molar-refractivity contribution is 6.32. The first-order chi connectivity index (χ1) is 20.6. The van der Waals surface area contributed by atoms with Crippen molar-refractivity contribution in [3.63, 3.8) is 0 Å². The van der Waals surface area contributed by atoms with E-state index in [0.717, 1.165) is 5.57 Å². The summed E-state index contributed by atoms with van der Waals surface area (Å²) in [6.45, 7) is 5.72. The maximum Gasteiger partial charge on any atom is 0.235 e. The number of carbonyl (C=O) groups excluding carboxylic acids is 4. The molecule has 1 heterocycles. The molecule has 2 fully saturated rings. The number of aliphatic hydroxyl groups excluding tert-OH is 1. The Labute approximate surface area is 254 Å². The van der Waals surface area contributed by atoms with E-state index in [-0.39, 0.29) is 35.8 Å². The summed E-state index contributed by atoms with van der Waals surface area (Å²) in [5, 5.41) is 35.3. The monoisotopic (exact) mass is 600 g/mol. The van der Waals surface area contributed by atoms with Crippen LogP contribution in [0, 0.1) is 17.8 Å². The molecule has 5 aliphatic rings. The van der Waals surface area contributed by atoms with Crippen LogP contribution in [0.25, 0.3) is 11.3 Å². The number of aliphatic hydroxyl groups is 2. The Kier molecular flexibility index (Phi) is 6.68. The second kappa shape index (κ2) is 9.87. The molecule has 1 aromatic rings. The number of primary amides is 1. The summed E-state index contributed by atoms with van der Waals surface area (Å²) in [5.74, 6) is -9.01. The third kappa shape index (κ3) is 4.07. The van der Waals surface area contributed by atoms with E-state index >= 15 is 0 Å². The van der Waals surface area contributed by atoms with E-state index in [1.54, 1.807) is 20.4 Å². The van der Waals surface area contributed by atoms with Crippen molar-refractivity contribution in [3.8, 4) is 5.75 Å². The highest BCUT2D eigenvalue weighted by Crippen LogP contribution is 2.54. The number of phenolic OH excluding ortho intramolecular Hbond substituents is 1. The summed E-state index contributed by atoms with van der Waals surface area (Å²) in [5.41, 5.74) is 5.34. The van der Waals surface area contributed by atoms with Crippen molar-refractivity contribution in [2.75, 3.05) is 14.1 Å². The largest absolute Gasteiger partial charge is 0.507 e. The van der Waals surface area contributed by atoms with Crippen LogP contribution in [0.4, 0.5) is 0 Å². The molecule has 1 aromatic carbocycles. The molecule has 1 aliphatic heterocycles. The predicted molar refractivity (Wildman–Crippen MR) is 161 cm³/mol. The van der Waals surface area contributed by atoms with Gasteiger partial charge in [-0.1, -0.05) is 39.0 Å². The zero-order valence-electron chi connectivity index (χ0n) is 25.2. The number of carbonyl (C=O) groups is 4. The quantitative estimate of drug-likeness (QED) is 0.381. The number of ketones is 3. The second-order valence-corrected chi connectivity index (χ2v) is 13.6. The van der Waals surface area contributed by atoms with Crippen molar-refractivity contribution < 1.29 is 39.2 Å². The molecule has 10 heteroatoms. The van der Waals surface area contributed by atoms with E-state index in [2.05, 4.69) is 0 Å². The van der Waals surface area contributed by atoms with Crippen LogP contribution in [0.15, 0.2) is 53.9 Å². The first-order valence-corrected chi connectivity index (χ1v) is 14.6. The minimum Gasteiger partial charge on any atom is -0.507 e. The van der Waals surface area contributed by atoms with E-state index < -0.39 is 63.8 Å². The molecule has 10 nitrogen and oxygen atoms in total. The first-order valence-electron chi connectivity index (χ1n) is 14.6. The van der Waals surface area contributed by atoms with Crippen LogP contribution in [0.5, 0.6) is 5.75 Å². The summed E-state index contributed by atoms with van der Waals surface area (Å²) in [6, 6.07) is 0.721. The smallest absolute Gasteiger partial charge is 0.235 e. The number of Topliss-reactive ketones (excluding diaryl/α,β-unsaturated/α-hetero) is 3. The number of amides is 1. The number of allylic oxidation sites excluding steroid dienone is 4. The summed E-state index contributed by atoms with van der Waals surface area (Å²) in [6.07, 6.45) is 11.2. The molecule has 0 spiro atoms. The average molecular weight is 601 g/mol. The molecule has 230 valence electrons. The topological polar surface area (TPSA) is 167 Å². The van der Waals surface area contributed by atoms with Gasteiger partial charge in [-0.15, -0.1) is 0 Å². The molecule has 6 rings (SSSR count). The number of aromatic hydroxyl groups is 1. The molecule has 5 N–H and O–H groups in total. The van der Waals surface area contributed by atoms with Gasteiger partial charge in [0.1, 0.15) is 17.6 Å². The Balaban J connectivity index is 1.57. The third-order valence-corrected chi connectivity index (χ3v) is 9.66. The van der Waals surface area contributed by atoms with Crippen molar-refractivity contribution in [1.82, 2.24) is 4.90 Å². The van der Waals surface area contributed by atoms with Crippen molar-refractivity contribution >= 4 is 34.6 Å². The number of rotatable bonds is 3. The SMILES string of the molecule is CN(C)[C@@H]1C(=O)C(C(N)=O)C(=O)[C@@]2(O)C(=O)C3=C(O)c4c(O)c(C(C)(C)C)cc(C5=COC6C=CC=CC6=C5)c4C[C@H]3C[C@@H]12. The number of hydrogen-bond acceptors (Lipinski definition) is 9. The maximum atomic E-state index is 14.2. The van der Waals surface area contributed by atoms with Crippen LogP contribution in [0.3, 0.4) is 0 Å². The average Bonchev–Trinajstić information content (AvgIpc) is 2.94. The van der Waals surface area contributed by atoms with Crippen LogP contribution in [-0.2, 0) is 35.8 Å². The number of nitrogens with zero attached hydrogens (tertiary/aromatic N) is 1. The molecule has 1 amide bonds. The van der Waals surface area contributed by atoms with Crippen LogP contribution < -0.4 is 5.73 Å². The number of ether oxygens (including phenoxy) is 1. The minimum atomic E-state index is -2.76. The third-order valence-electron chi connectivity index (χ3n) is 9.66. The van der Waals surface area contributed by atoms with Gasteiger partial charge in [0.25, 0.3) is 0 Å². The predicted octanol–water partition coefficient (Wildman–Crippen LogP) is 2.43. The zero-order chi connectivity index (χ0) is 32.0. The molecular weight excluding hydrogens is 564 g/mol. The number of likely N-dealkylation sites (N-methyl/N-ethyl adjacent to an activating group) is 1. The Morgan fingerprint density at radius 1 is 1.14 bits per heavy atom. The fourth-order valence-electron chi connectivity index (χ4n) is 7.58. The molecule has 2 unspecified atom stereocenters. The van der Waals surface area contributed by atoms with Gasteiger partial charge >= 0.3 is 0 Å². The van der Waals surface area contributed by atoms with Gasteiger partial charge in [0.05, 0.1) is 17.9 Å². The summed E-state index contributed by atoms with van der Waals surface area (Å²) in [4.78, 5) is 54.9. The van der Waals surface area contributed by atoms with Gasteiger partial charge in [-0.3, -0.25) is 24.1 Å². The van der Waals surface area contributed by atoms with Gasteiger partial charge in [0.2, 0.25) is 11.7 Å². The van der Waals surface area contributed by atoms with Gasteiger partial charge in [-0.05, 0) is 73.2 Å². The zero-order valence-corrected chi connectivity index (χ0v) is 25.2. The van der Waals surface area contributed by atoms with Gasteiger partial charge in [-0.25, -0.2) is 0 Å². The Morgan fingerprint density at radius 2 is 1.84 bits per heavy atom. The molecule has 0 saturated heterocycles. The number of hydrogen-bond donors (Lipinski definition) is 4. The summed E-state index contributed by atoms with van der Waals surface area (Å²) >= 11 is 0. The second-order valence-electron chi connectivity index (χ2n) is 13.6. The fourth-order valence-corrected chi connectivity index (χ4v) is 7.58. The molecular formula is C34H36N2O8. The number of nitrogens with two attached hydrogens (primary N) is 1. The number of benzene rings is 1. The summed E-state index contributed by atoms with van der Waals surface area (Å²) in [7, 11) is 3.13. The summed E-state index contributed by atoms with van der Waals surface area (Å²) < 4.78 is 6.01. The van der Waals surface area contributed by atoms with Crippen LogP contribution in [0.1, 0.15) is 49.4 Å². The lowest BCUT2D eigenvalue weighted by molar-refractivity contribution is -0.175. The lowest BCUT2D eigenvalue weighted by atomic mass is 9.54.